The minimum Gasteiger partial charge on any atom is -0.480 e. The Morgan fingerprint density at radius 1 is 1.21 bits per heavy atom. The number of aromatic nitrogens is 2. The molecule has 2 fully saturated rings. The minimum atomic E-state index is -0.760. The maximum atomic E-state index is 14.2. The van der Waals surface area contributed by atoms with Crippen molar-refractivity contribution in [1.29, 1.82) is 0 Å². The molecular formula is C29H44Cl3FN4O2. The average Bonchev–Trinajstić information content (AvgIpc) is 3.51. The lowest BCUT2D eigenvalue weighted by atomic mass is 9.76. The second-order valence-corrected chi connectivity index (χ2v) is 12.0. The molecule has 2 aliphatic carbocycles. The van der Waals surface area contributed by atoms with Crippen molar-refractivity contribution < 1.29 is 14.3 Å². The second-order valence-electron chi connectivity index (χ2n) is 12.0. The Bertz CT molecular complexity index is 1110. The number of carbonyl (C=O) groups is 1. The van der Waals surface area contributed by atoms with Crippen molar-refractivity contribution in [2.24, 2.45) is 11.8 Å². The molecule has 0 bridgehead atoms. The number of aliphatic carboxylic acids is 1. The third kappa shape index (κ3) is 6.59. The molecule has 0 unspecified atom stereocenters. The number of nitrogens with one attached hydrogen (secondary N) is 1. The fourth-order valence-corrected chi connectivity index (χ4v) is 7.59. The fraction of sp³-hybridized carbons (Fsp3) is 0.655. The molecule has 39 heavy (non-hydrogen) atoms. The van der Waals surface area contributed by atoms with Gasteiger partial charge in [0.25, 0.3) is 0 Å². The molecule has 1 aliphatic heterocycles. The predicted octanol–water partition coefficient (Wildman–Crippen LogP) is 6.01. The molecule has 220 valence electrons. The number of fused-ring (bicyclic) bond motifs is 2. The number of rotatable bonds is 7. The summed E-state index contributed by atoms with van der Waals surface area (Å²) in [5.41, 5.74) is 5.25. The quantitative estimate of drug-likeness (QED) is 0.405. The molecule has 0 radical (unpaired) electrons. The zero-order chi connectivity index (χ0) is 25.6. The minimum absolute atomic E-state index is 0. The van der Waals surface area contributed by atoms with Gasteiger partial charge in [-0.05, 0) is 107 Å². The molecule has 6 nitrogen and oxygen atoms in total. The third-order valence-electron chi connectivity index (χ3n) is 9.58. The highest BCUT2D eigenvalue weighted by Gasteiger charge is 2.46. The molecule has 2 N–H and O–H groups in total. The van der Waals surface area contributed by atoms with Crippen molar-refractivity contribution >= 4 is 43.2 Å². The van der Waals surface area contributed by atoms with E-state index in [0.717, 1.165) is 57.3 Å². The number of likely N-dealkylation sites (N-methyl/N-ethyl adjacent to an activating group) is 1. The largest absolute Gasteiger partial charge is 0.480 e. The molecule has 1 aromatic carbocycles. The van der Waals surface area contributed by atoms with Gasteiger partial charge in [0.05, 0.1) is 5.69 Å². The fourth-order valence-electron chi connectivity index (χ4n) is 7.59. The monoisotopic (exact) mass is 604 g/mol. The van der Waals surface area contributed by atoms with Crippen LogP contribution >= 0.6 is 37.2 Å². The van der Waals surface area contributed by atoms with E-state index in [2.05, 4.69) is 21.8 Å². The van der Waals surface area contributed by atoms with E-state index >= 15 is 0 Å². The Morgan fingerprint density at radius 3 is 2.51 bits per heavy atom. The van der Waals surface area contributed by atoms with Gasteiger partial charge in [-0.25, -0.2) is 4.39 Å². The number of nitrogens with zero attached hydrogens (tertiary/aromatic N) is 3. The summed E-state index contributed by atoms with van der Waals surface area (Å²) in [4.78, 5) is 16.7. The van der Waals surface area contributed by atoms with Crippen LogP contribution in [0.25, 0.3) is 0 Å². The van der Waals surface area contributed by atoms with Crippen LogP contribution in [0.5, 0.6) is 0 Å². The molecule has 2 aromatic rings. The van der Waals surface area contributed by atoms with Gasteiger partial charge in [0, 0.05) is 23.7 Å². The van der Waals surface area contributed by atoms with Crippen molar-refractivity contribution in [1.82, 2.24) is 20.0 Å². The van der Waals surface area contributed by atoms with Gasteiger partial charge < -0.3 is 10.0 Å². The lowest BCUT2D eigenvalue weighted by Crippen LogP contribution is -2.47. The number of aryl methyl sites for hydroxylation is 1. The number of hydrogen-bond donors (Lipinski definition) is 2. The first-order valence-electron chi connectivity index (χ1n) is 13.7. The van der Waals surface area contributed by atoms with E-state index in [9.17, 15) is 14.3 Å². The van der Waals surface area contributed by atoms with Crippen LogP contribution in [0.3, 0.4) is 0 Å². The van der Waals surface area contributed by atoms with Crippen molar-refractivity contribution in [3.63, 3.8) is 0 Å². The van der Waals surface area contributed by atoms with Crippen LogP contribution in [0.4, 0.5) is 4.39 Å². The van der Waals surface area contributed by atoms with Crippen molar-refractivity contribution in [2.75, 3.05) is 26.7 Å². The van der Waals surface area contributed by atoms with Crippen LogP contribution in [-0.2, 0) is 16.6 Å². The smallest absolute Gasteiger partial charge is 0.321 e. The SMILES string of the molecule is Cc1[nH]nc2c1CCC21CCN(C[C@H]2C[C@H](N(C)[C@@H](C(=O)O)C(C)C)C[C@@H]2c2cccc(F)c2)CC1.Cl.Cl.Cl. The van der Waals surface area contributed by atoms with E-state index in [-0.39, 0.29) is 66.3 Å². The van der Waals surface area contributed by atoms with Crippen molar-refractivity contribution in [3.05, 3.63) is 52.6 Å². The molecule has 0 amide bonds. The highest BCUT2D eigenvalue weighted by Crippen LogP contribution is 2.47. The van der Waals surface area contributed by atoms with Gasteiger partial charge in [-0.3, -0.25) is 14.8 Å². The zero-order valence-electron chi connectivity index (χ0n) is 23.4. The Labute approximate surface area is 250 Å². The first-order chi connectivity index (χ1) is 17.2. The summed E-state index contributed by atoms with van der Waals surface area (Å²) in [7, 11) is 1.96. The lowest BCUT2D eigenvalue weighted by molar-refractivity contribution is -0.145. The van der Waals surface area contributed by atoms with Crippen LogP contribution in [0.2, 0.25) is 0 Å². The van der Waals surface area contributed by atoms with E-state index in [4.69, 9.17) is 5.10 Å². The number of carboxylic acids is 1. The molecule has 1 saturated heterocycles. The first kappa shape index (κ1) is 33.8. The van der Waals surface area contributed by atoms with Gasteiger partial charge in [0.15, 0.2) is 0 Å². The maximum absolute atomic E-state index is 14.2. The Kier molecular flexibility index (Phi) is 11.7. The molecule has 1 saturated carbocycles. The Balaban J connectivity index is 0.00000178. The number of H-pyrrole nitrogens is 1. The van der Waals surface area contributed by atoms with E-state index in [1.807, 2.05) is 27.0 Å². The summed E-state index contributed by atoms with van der Waals surface area (Å²) in [6.07, 6.45) is 6.44. The molecule has 5 rings (SSSR count). The average molecular weight is 606 g/mol. The van der Waals surface area contributed by atoms with Gasteiger partial charge in [-0.2, -0.15) is 5.10 Å². The molecular weight excluding hydrogens is 562 g/mol. The first-order valence-corrected chi connectivity index (χ1v) is 13.7. The highest BCUT2D eigenvalue weighted by molar-refractivity contribution is 5.86. The number of piperidine rings is 1. The van der Waals surface area contributed by atoms with Crippen molar-refractivity contribution in [2.45, 2.75) is 82.7 Å². The predicted molar refractivity (Wildman–Crippen MR) is 160 cm³/mol. The molecule has 4 atom stereocenters. The number of aromatic amines is 1. The summed E-state index contributed by atoms with van der Waals surface area (Å²) in [6.45, 7) is 9.18. The van der Waals surface area contributed by atoms with E-state index in [1.165, 1.54) is 29.4 Å². The summed E-state index contributed by atoms with van der Waals surface area (Å²) >= 11 is 0. The topological polar surface area (TPSA) is 72.5 Å². The maximum Gasteiger partial charge on any atom is 0.321 e. The Hall–Kier alpha value is -1.38. The second kappa shape index (κ2) is 13.5. The summed E-state index contributed by atoms with van der Waals surface area (Å²) in [6, 6.07) is 6.71. The van der Waals surface area contributed by atoms with Gasteiger partial charge >= 0.3 is 5.97 Å². The van der Waals surface area contributed by atoms with E-state index in [0.29, 0.717) is 5.92 Å². The summed E-state index contributed by atoms with van der Waals surface area (Å²) in [5, 5.41) is 17.8. The normalized spacial score (nSPS) is 24.6. The van der Waals surface area contributed by atoms with Gasteiger partial charge in [-0.1, -0.05) is 26.0 Å². The van der Waals surface area contributed by atoms with Gasteiger partial charge in [-0.15, -0.1) is 37.2 Å². The highest BCUT2D eigenvalue weighted by atomic mass is 35.5. The summed E-state index contributed by atoms with van der Waals surface area (Å²) in [5.74, 6) is -0.317. The number of halogens is 4. The molecule has 1 aromatic heterocycles. The number of carboxylic acid groups (broad SMARTS) is 1. The zero-order valence-corrected chi connectivity index (χ0v) is 25.8. The van der Waals surface area contributed by atoms with E-state index in [1.54, 1.807) is 12.1 Å². The molecule has 1 spiro atoms. The summed E-state index contributed by atoms with van der Waals surface area (Å²) < 4.78 is 14.2. The molecule has 3 aliphatic rings. The van der Waals surface area contributed by atoms with Crippen LogP contribution in [0.1, 0.15) is 74.4 Å². The number of hydrogen-bond acceptors (Lipinski definition) is 4. The van der Waals surface area contributed by atoms with Gasteiger partial charge in [0.2, 0.25) is 0 Å². The van der Waals surface area contributed by atoms with Gasteiger partial charge in [0.1, 0.15) is 11.9 Å². The number of benzene rings is 1. The molecule has 10 heteroatoms. The van der Waals surface area contributed by atoms with Crippen LogP contribution < -0.4 is 0 Å². The third-order valence-corrected chi connectivity index (χ3v) is 9.58. The molecule has 2 heterocycles. The van der Waals surface area contributed by atoms with Crippen LogP contribution in [0.15, 0.2) is 24.3 Å². The van der Waals surface area contributed by atoms with Crippen LogP contribution in [0, 0.1) is 24.6 Å². The lowest BCUT2D eigenvalue weighted by Gasteiger charge is -2.40. The number of likely N-dealkylation sites (tertiary alicyclic amines) is 1. The van der Waals surface area contributed by atoms with E-state index < -0.39 is 12.0 Å². The van der Waals surface area contributed by atoms with Crippen molar-refractivity contribution in [3.8, 4) is 0 Å². The Morgan fingerprint density at radius 2 is 1.90 bits per heavy atom. The standard InChI is InChI=1S/C29H41FN4O2.3ClH/c1-18(2)26(28(35)36)33(4)23-15-21(25(16-23)20-6-5-7-22(30)14-20)17-34-12-10-29(11-13-34)9-8-24-19(3)31-32-27(24)29;;;/h5-7,14,18,21,23,25-26H,8-13,15-17H2,1-4H3,(H,31,32)(H,35,36);3*1H/t21-,23+,25-,26-;;;/m1.../s1. The van der Waals surface area contributed by atoms with Crippen LogP contribution in [-0.4, -0.2) is 69.8 Å².